The monoisotopic (exact) mass is 605 g/mol. The van der Waals surface area contributed by atoms with Gasteiger partial charge < -0.3 is 36.2 Å². The van der Waals surface area contributed by atoms with Gasteiger partial charge >= 0.3 is 0 Å². The van der Waals surface area contributed by atoms with Crippen molar-refractivity contribution in [1.82, 2.24) is 10.2 Å². The van der Waals surface area contributed by atoms with Crippen LogP contribution in [0.25, 0.3) is 11.1 Å². The molecule has 3 aliphatic rings. The minimum absolute atomic E-state index is 0.0111. The molecule has 0 heterocycles. The minimum atomic E-state index is -2.68. The average molecular weight is 606 g/mol. The lowest BCUT2D eigenvalue weighted by atomic mass is 9.58. The number of fused-ring (bicyclic) bond motifs is 3. The van der Waals surface area contributed by atoms with E-state index in [1.165, 1.54) is 11.0 Å². The van der Waals surface area contributed by atoms with Crippen molar-refractivity contribution in [1.29, 1.82) is 0 Å². The summed E-state index contributed by atoms with van der Waals surface area (Å²) in [5, 5.41) is 48.7. The van der Waals surface area contributed by atoms with Crippen LogP contribution in [-0.2, 0) is 22.6 Å². The summed E-state index contributed by atoms with van der Waals surface area (Å²) >= 11 is 0. The molecule has 7 N–H and O–H groups in total. The number of rotatable bonds is 8. The van der Waals surface area contributed by atoms with Gasteiger partial charge in [0.05, 0.1) is 18.7 Å². The Balaban J connectivity index is 1.66. The maximum Gasteiger partial charge on any atom is 0.255 e. The summed E-state index contributed by atoms with van der Waals surface area (Å²) in [6.07, 6.45) is 0.189. The van der Waals surface area contributed by atoms with Crippen molar-refractivity contribution in [3.63, 3.8) is 0 Å². The number of aliphatic hydroxyl groups excluding tert-OH is 2. The Morgan fingerprint density at radius 2 is 1.84 bits per heavy atom. The van der Waals surface area contributed by atoms with Gasteiger partial charge in [-0.25, -0.2) is 0 Å². The number of hydrogen-bond acceptors (Lipinski definition) is 10. The second-order valence-corrected chi connectivity index (χ2v) is 12.5. The van der Waals surface area contributed by atoms with Gasteiger partial charge in [0.15, 0.2) is 11.4 Å². The summed E-state index contributed by atoms with van der Waals surface area (Å²) in [6, 6.07) is 7.84. The number of aliphatic hydroxyl groups is 3. The number of carbonyl (C=O) groups is 3. The van der Waals surface area contributed by atoms with E-state index >= 15 is 0 Å². The molecule has 2 aromatic rings. The van der Waals surface area contributed by atoms with Gasteiger partial charge in [-0.2, -0.15) is 0 Å². The lowest BCUT2D eigenvalue weighted by Gasteiger charge is -2.50. The van der Waals surface area contributed by atoms with Crippen molar-refractivity contribution in [3.8, 4) is 22.6 Å². The number of phenols is 1. The number of ketones is 2. The number of phenolic OH excluding ortho intramolecular Hbond substituents is 1. The lowest BCUT2D eigenvalue weighted by Crippen LogP contribution is -2.63. The van der Waals surface area contributed by atoms with Crippen LogP contribution in [0.2, 0.25) is 0 Å². The van der Waals surface area contributed by atoms with Crippen molar-refractivity contribution in [2.24, 2.45) is 23.5 Å². The van der Waals surface area contributed by atoms with Crippen LogP contribution in [0.4, 0.5) is 0 Å². The maximum atomic E-state index is 14.1. The molecule has 5 rings (SSSR count). The molecule has 0 aliphatic heterocycles. The summed E-state index contributed by atoms with van der Waals surface area (Å²) < 4.78 is 5.68. The zero-order valence-electron chi connectivity index (χ0n) is 25.5. The predicted octanol–water partition coefficient (Wildman–Crippen LogP) is 2.54. The van der Waals surface area contributed by atoms with Crippen molar-refractivity contribution < 1.29 is 39.5 Å². The van der Waals surface area contributed by atoms with Crippen LogP contribution >= 0.6 is 0 Å². The number of carbonyl (C=O) groups excluding carboxylic acids is 3. The Labute approximate surface area is 255 Å². The molecule has 0 bridgehead atoms. The van der Waals surface area contributed by atoms with Gasteiger partial charge in [-0.05, 0) is 80.2 Å². The summed E-state index contributed by atoms with van der Waals surface area (Å²) in [6.45, 7) is 5.69. The molecule has 0 saturated carbocycles. The van der Waals surface area contributed by atoms with Gasteiger partial charge in [-0.3, -0.25) is 19.3 Å². The highest BCUT2D eigenvalue weighted by molar-refractivity contribution is 6.25. The number of nitrogens with zero attached hydrogens (tertiary/aromatic N) is 1. The molecular formula is C33H39N3O8. The third-order valence-electron chi connectivity index (χ3n) is 9.04. The van der Waals surface area contributed by atoms with E-state index in [1.54, 1.807) is 27.3 Å². The topological polar surface area (TPSA) is 183 Å². The SMILES string of the molecule is COc1ccc(CNCC(C)C)cc1-c1ccc(O)c2c1C[C@H]1C[C@H]3[C@H](N(C)C)C(O)=C(C(N)=O)C(=O)[C@@]3(O)C(O)=C1C2=O. The van der Waals surface area contributed by atoms with Crippen molar-refractivity contribution in [2.45, 2.75) is 44.9 Å². The Morgan fingerprint density at radius 1 is 1.14 bits per heavy atom. The van der Waals surface area contributed by atoms with E-state index in [4.69, 9.17) is 10.5 Å². The first-order valence-corrected chi connectivity index (χ1v) is 14.6. The van der Waals surface area contributed by atoms with Crippen LogP contribution in [-0.4, -0.2) is 82.2 Å². The molecule has 1 amide bonds. The number of nitrogens with one attached hydrogen (secondary N) is 1. The molecule has 11 heteroatoms. The number of hydrogen-bond donors (Lipinski definition) is 6. The fourth-order valence-corrected chi connectivity index (χ4v) is 7.08. The molecular weight excluding hydrogens is 566 g/mol. The standard InChI is InChI=1S/C33H39N3O8/c1-15(2)13-35-14-16-6-9-23(44-5)19(10-16)18-7-8-22(37)25-20(18)11-17-12-21-27(36(3)4)29(39)26(32(34)42)31(41)33(21,43)30(40)24(17)28(25)38/h6-10,15,17,21,27,35,37,39-40,43H,11-14H2,1-5H3,(H2,34,42)/t17-,21-,27-,33-/m0/s1. The molecule has 11 nitrogen and oxygen atoms in total. The molecule has 0 aromatic heterocycles. The van der Waals surface area contributed by atoms with E-state index in [0.29, 0.717) is 29.3 Å². The Hall–Kier alpha value is -4.19. The molecule has 0 unspecified atom stereocenters. The molecule has 0 saturated heterocycles. The van der Waals surface area contributed by atoms with E-state index < -0.39 is 58.0 Å². The Kier molecular flexibility index (Phi) is 8.08. The number of amides is 1. The van der Waals surface area contributed by atoms with Gasteiger partial charge in [0, 0.05) is 23.6 Å². The van der Waals surface area contributed by atoms with Gasteiger partial charge in [0.2, 0.25) is 5.78 Å². The van der Waals surface area contributed by atoms with Crippen molar-refractivity contribution >= 4 is 17.5 Å². The smallest absolute Gasteiger partial charge is 0.255 e. The highest BCUT2D eigenvalue weighted by Gasteiger charge is 2.63. The van der Waals surface area contributed by atoms with Crippen LogP contribution in [0.3, 0.4) is 0 Å². The van der Waals surface area contributed by atoms with Gasteiger partial charge in [-0.1, -0.05) is 26.0 Å². The zero-order chi connectivity index (χ0) is 32.2. The summed E-state index contributed by atoms with van der Waals surface area (Å²) in [7, 11) is 4.74. The summed E-state index contributed by atoms with van der Waals surface area (Å²) in [5.74, 6) is -5.80. The van der Waals surface area contributed by atoms with E-state index in [2.05, 4.69) is 19.2 Å². The number of Topliss-reactive ketones (excluding diaryl/α,β-unsaturated/α-hetero) is 2. The summed E-state index contributed by atoms with van der Waals surface area (Å²) in [4.78, 5) is 41.3. The van der Waals surface area contributed by atoms with Crippen molar-refractivity contribution in [3.05, 3.63) is 69.7 Å². The molecule has 0 fully saturated rings. The quantitative estimate of drug-likeness (QED) is 0.245. The number of ether oxygens (including phenoxy) is 1. The number of nitrogens with two attached hydrogens (primary N) is 1. The fourth-order valence-electron chi connectivity index (χ4n) is 7.08. The molecule has 3 aliphatic carbocycles. The highest BCUT2D eigenvalue weighted by Crippen LogP contribution is 2.53. The largest absolute Gasteiger partial charge is 0.510 e. The molecule has 234 valence electrons. The van der Waals surface area contributed by atoms with E-state index in [1.807, 2.05) is 18.2 Å². The van der Waals surface area contributed by atoms with Gasteiger partial charge in [0.1, 0.15) is 28.6 Å². The highest BCUT2D eigenvalue weighted by atomic mass is 16.5. The lowest BCUT2D eigenvalue weighted by molar-refractivity contribution is -0.148. The number of likely N-dealkylation sites (N-methyl/N-ethyl adjacent to an activating group) is 1. The predicted molar refractivity (Wildman–Crippen MR) is 162 cm³/mol. The fraction of sp³-hybridized carbons (Fsp3) is 0.424. The number of methoxy groups -OCH3 is 1. The van der Waals surface area contributed by atoms with Crippen LogP contribution in [0.1, 0.15) is 41.8 Å². The molecule has 44 heavy (non-hydrogen) atoms. The van der Waals surface area contributed by atoms with Gasteiger partial charge in [-0.15, -0.1) is 0 Å². The van der Waals surface area contributed by atoms with Crippen LogP contribution in [0, 0.1) is 17.8 Å². The molecule has 4 atom stereocenters. The number of primary amides is 1. The van der Waals surface area contributed by atoms with Crippen LogP contribution in [0.15, 0.2) is 53.0 Å². The first-order valence-electron chi connectivity index (χ1n) is 14.6. The minimum Gasteiger partial charge on any atom is -0.510 e. The second kappa shape index (κ2) is 11.4. The Bertz CT molecular complexity index is 1620. The molecule has 0 radical (unpaired) electrons. The third kappa shape index (κ3) is 4.75. The van der Waals surface area contributed by atoms with E-state index in [0.717, 1.165) is 17.7 Å². The molecule has 0 spiro atoms. The van der Waals surface area contributed by atoms with E-state index in [-0.39, 0.29) is 29.7 Å². The zero-order valence-corrected chi connectivity index (χ0v) is 25.5. The van der Waals surface area contributed by atoms with E-state index in [9.17, 15) is 34.8 Å². The first-order chi connectivity index (χ1) is 20.7. The number of allylic oxidation sites excluding steroid dienone is 1. The first kappa shape index (κ1) is 31.2. The number of aromatic hydroxyl groups is 1. The third-order valence-corrected chi connectivity index (χ3v) is 9.04. The normalized spacial score (nSPS) is 24.9. The van der Waals surface area contributed by atoms with Gasteiger partial charge in [0.25, 0.3) is 5.91 Å². The number of benzene rings is 2. The van der Waals surface area contributed by atoms with Crippen LogP contribution in [0.5, 0.6) is 11.5 Å². The average Bonchev–Trinajstić information content (AvgIpc) is 2.94. The van der Waals surface area contributed by atoms with Crippen LogP contribution < -0.4 is 15.8 Å². The Morgan fingerprint density at radius 3 is 2.45 bits per heavy atom. The second-order valence-electron chi connectivity index (χ2n) is 12.5. The maximum absolute atomic E-state index is 14.1. The summed E-state index contributed by atoms with van der Waals surface area (Å²) in [5.41, 5.74) is 4.55. The van der Waals surface area contributed by atoms with Crippen molar-refractivity contribution in [2.75, 3.05) is 27.7 Å². The molecule has 2 aromatic carbocycles.